The predicted molar refractivity (Wildman–Crippen MR) is 138 cm³/mol. The molecule has 0 heterocycles. The summed E-state index contributed by atoms with van der Waals surface area (Å²) in [6, 6.07) is 0. The summed E-state index contributed by atoms with van der Waals surface area (Å²) in [5.41, 5.74) is -3.00. The SMILES string of the molecule is CC(C)C(O)/C=C/[C@@H](C)[C@H]1[C@@H](O)[C@@H](O)C2[C@]3(O)C[C@H](O)[C@H]4[C@@H](O)[C@@H](OS(=O)(=O)O)CC[C@]4(C)C3CC[C@@]21C. The van der Waals surface area contributed by atoms with Crippen LogP contribution in [-0.4, -0.2) is 85.8 Å². The molecule has 3 unspecified atom stereocenters. The van der Waals surface area contributed by atoms with Gasteiger partial charge in [-0.2, -0.15) is 8.42 Å². The Labute approximate surface area is 225 Å². The van der Waals surface area contributed by atoms with Gasteiger partial charge in [0.1, 0.15) is 6.10 Å². The van der Waals surface area contributed by atoms with Crippen molar-refractivity contribution in [2.45, 2.75) is 109 Å². The molecule has 0 aliphatic heterocycles. The lowest BCUT2D eigenvalue weighted by atomic mass is 9.41. The summed E-state index contributed by atoms with van der Waals surface area (Å²) in [6.45, 7) is 9.60. The van der Waals surface area contributed by atoms with E-state index in [9.17, 15) is 39.1 Å². The molecule has 0 aromatic heterocycles. The fraction of sp³-hybridized carbons (Fsp3) is 0.926. The van der Waals surface area contributed by atoms with E-state index in [2.05, 4.69) is 0 Å². The van der Waals surface area contributed by atoms with Crippen LogP contribution in [0.4, 0.5) is 0 Å². The average molecular weight is 563 g/mol. The van der Waals surface area contributed by atoms with E-state index in [1.54, 1.807) is 6.08 Å². The first-order valence-corrected chi connectivity index (χ1v) is 15.2. The molecular formula is C27H46O10S. The van der Waals surface area contributed by atoms with E-state index in [-0.39, 0.29) is 24.7 Å². The van der Waals surface area contributed by atoms with Gasteiger partial charge in [-0.1, -0.05) is 46.8 Å². The molecule has 4 fully saturated rings. The van der Waals surface area contributed by atoms with Crippen LogP contribution in [-0.2, 0) is 14.6 Å². The van der Waals surface area contributed by atoms with Crippen LogP contribution in [0.5, 0.6) is 0 Å². The number of hydrogen-bond acceptors (Lipinski definition) is 9. The molecule has 0 bridgehead atoms. The fourth-order valence-corrected chi connectivity index (χ4v) is 9.95. The molecule has 0 spiro atoms. The van der Waals surface area contributed by atoms with Gasteiger partial charge in [-0.15, -0.1) is 0 Å². The second-order valence-corrected chi connectivity index (χ2v) is 14.5. The van der Waals surface area contributed by atoms with Crippen LogP contribution in [0.1, 0.15) is 66.7 Å². The van der Waals surface area contributed by atoms with Gasteiger partial charge in [0, 0.05) is 18.3 Å². The maximum atomic E-state index is 12.4. The number of aliphatic hydroxyl groups excluding tert-OH is 5. The van der Waals surface area contributed by atoms with E-state index in [1.165, 1.54) is 0 Å². The van der Waals surface area contributed by atoms with Crippen molar-refractivity contribution in [2.75, 3.05) is 0 Å². The summed E-state index contributed by atoms with van der Waals surface area (Å²) in [5.74, 6) is -2.54. The molecule has 4 aliphatic carbocycles. The van der Waals surface area contributed by atoms with E-state index in [1.807, 2.05) is 40.7 Å². The van der Waals surface area contributed by atoms with Crippen LogP contribution >= 0.6 is 0 Å². The number of hydrogen-bond donors (Lipinski definition) is 7. The Morgan fingerprint density at radius 3 is 2.11 bits per heavy atom. The molecule has 4 saturated carbocycles. The van der Waals surface area contributed by atoms with Gasteiger partial charge in [-0.25, -0.2) is 4.18 Å². The first kappa shape index (κ1) is 30.3. The quantitative estimate of drug-likeness (QED) is 0.182. The van der Waals surface area contributed by atoms with Gasteiger partial charge in [0.15, 0.2) is 0 Å². The average Bonchev–Trinajstić information content (AvgIpc) is 2.98. The summed E-state index contributed by atoms with van der Waals surface area (Å²) in [4.78, 5) is 0. The van der Waals surface area contributed by atoms with Crippen molar-refractivity contribution >= 4 is 10.4 Å². The monoisotopic (exact) mass is 562 g/mol. The number of allylic oxidation sites excluding steroid dienone is 1. The van der Waals surface area contributed by atoms with Crippen molar-refractivity contribution in [3.05, 3.63) is 12.2 Å². The van der Waals surface area contributed by atoms with E-state index in [0.29, 0.717) is 19.3 Å². The van der Waals surface area contributed by atoms with Gasteiger partial charge >= 0.3 is 10.4 Å². The molecule has 0 aromatic rings. The van der Waals surface area contributed by atoms with Gasteiger partial charge in [0.2, 0.25) is 0 Å². The van der Waals surface area contributed by atoms with E-state index >= 15 is 0 Å². The van der Waals surface area contributed by atoms with Crippen molar-refractivity contribution in [2.24, 2.45) is 46.3 Å². The molecule has 7 N–H and O–H groups in total. The van der Waals surface area contributed by atoms with Crippen molar-refractivity contribution in [1.29, 1.82) is 0 Å². The molecule has 11 heteroatoms. The Bertz CT molecular complexity index is 1020. The minimum Gasteiger partial charge on any atom is -0.393 e. The maximum Gasteiger partial charge on any atom is 0.397 e. The molecule has 4 aliphatic rings. The molecule has 4 rings (SSSR count). The summed E-state index contributed by atoms with van der Waals surface area (Å²) in [5, 5.41) is 67.7. The Hall–Kier alpha value is -0.630. The molecule has 14 atom stereocenters. The second kappa shape index (κ2) is 10.0. The molecule has 10 nitrogen and oxygen atoms in total. The highest BCUT2D eigenvalue weighted by atomic mass is 32.3. The van der Waals surface area contributed by atoms with E-state index < -0.39 is 87.1 Å². The predicted octanol–water partition coefficient (Wildman–Crippen LogP) is 1.04. The Kier molecular flexibility index (Phi) is 8.00. The van der Waals surface area contributed by atoms with Crippen molar-refractivity contribution in [3.8, 4) is 0 Å². The summed E-state index contributed by atoms with van der Waals surface area (Å²) < 4.78 is 36.5. The van der Waals surface area contributed by atoms with E-state index in [4.69, 9.17) is 8.74 Å². The third kappa shape index (κ3) is 4.69. The van der Waals surface area contributed by atoms with Gasteiger partial charge in [0.25, 0.3) is 0 Å². The lowest BCUT2D eigenvalue weighted by molar-refractivity contribution is -0.279. The summed E-state index contributed by atoms with van der Waals surface area (Å²) in [6.07, 6.45) is -1.83. The second-order valence-electron chi connectivity index (χ2n) is 13.4. The standard InChI is InChI=1S/C27H46O10S/c1-13(2)15(28)7-6-14(3)19-22(31)23(32)24-26(19,5)11-9-18-25(4)10-8-17(37-38(34,35)36)21(30)20(25)16(29)12-27(18,24)33/h6-7,13-24,28-33H,8-12H2,1-5H3,(H,34,35,36)/b7-6+/t14-,15?,16+,17+,18?,19+,20+,21+,22-,23-,24?,25-,26-,27+/m1/s1. The highest BCUT2D eigenvalue weighted by molar-refractivity contribution is 7.80. The van der Waals surface area contributed by atoms with Crippen LogP contribution in [0.15, 0.2) is 12.2 Å². The number of rotatable bonds is 6. The Morgan fingerprint density at radius 1 is 0.921 bits per heavy atom. The van der Waals surface area contributed by atoms with Gasteiger partial charge in [0.05, 0.1) is 36.1 Å². The van der Waals surface area contributed by atoms with Crippen molar-refractivity contribution in [3.63, 3.8) is 0 Å². The van der Waals surface area contributed by atoms with E-state index in [0.717, 1.165) is 0 Å². The third-order valence-corrected chi connectivity index (χ3v) is 11.5. The summed E-state index contributed by atoms with van der Waals surface area (Å²) in [7, 11) is -4.80. The first-order chi connectivity index (χ1) is 17.4. The molecule has 0 aromatic carbocycles. The Morgan fingerprint density at radius 2 is 1.53 bits per heavy atom. The zero-order valence-corrected chi connectivity index (χ0v) is 23.7. The maximum absolute atomic E-state index is 12.4. The van der Waals surface area contributed by atoms with Crippen LogP contribution in [0.2, 0.25) is 0 Å². The number of aliphatic hydroxyl groups is 6. The zero-order chi connectivity index (χ0) is 28.6. The topological polar surface area (TPSA) is 185 Å². The third-order valence-electron chi connectivity index (χ3n) is 11.0. The molecule has 38 heavy (non-hydrogen) atoms. The minimum absolute atomic E-state index is 0.0303. The molecular weight excluding hydrogens is 516 g/mol. The zero-order valence-electron chi connectivity index (χ0n) is 22.9. The van der Waals surface area contributed by atoms with Crippen LogP contribution < -0.4 is 0 Å². The smallest absolute Gasteiger partial charge is 0.393 e. The van der Waals surface area contributed by atoms with Crippen molar-refractivity contribution < 1.29 is 47.8 Å². The fourth-order valence-electron chi connectivity index (χ4n) is 9.43. The highest BCUT2D eigenvalue weighted by Crippen LogP contribution is 2.69. The van der Waals surface area contributed by atoms with Crippen LogP contribution in [0, 0.1) is 46.3 Å². The molecule has 0 saturated heterocycles. The minimum atomic E-state index is -4.80. The van der Waals surface area contributed by atoms with Gasteiger partial charge in [-0.05, 0) is 60.2 Å². The molecule has 0 amide bonds. The first-order valence-electron chi connectivity index (χ1n) is 13.8. The molecule has 220 valence electrons. The normalized spacial score (nSPS) is 50.9. The Balaban J connectivity index is 1.67. The van der Waals surface area contributed by atoms with Crippen molar-refractivity contribution in [1.82, 2.24) is 0 Å². The van der Waals surface area contributed by atoms with Gasteiger partial charge in [-0.3, -0.25) is 4.55 Å². The summed E-state index contributed by atoms with van der Waals surface area (Å²) >= 11 is 0. The van der Waals surface area contributed by atoms with Gasteiger partial charge < -0.3 is 30.6 Å². The lowest BCUT2D eigenvalue weighted by Crippen LogP contribution is -2.71. The highest BCUT2D eigenvalue weighted by Gasteiger charge is 2.73. The van der Waals surface area contributed by atoms with Crippen LogP contribution in [0.25, 0.3) is 0 Å². The lowest BCUT2D eigenvalue weighted by Gasteiger charge is -2.66. The number of fused-ring (bicyclic) bond motifs is 5. The largest absolute Gasteiger partial charge is 0.397 e. The van der Waals surface area contributed by atoms with Crippen LogP contribution in [0.3, 0.4) is 0 Å². The molecule has 0 radical (unpaired) electrons.